The van der Waals surface area contributed by atoms with Gasteiger partial charge in [-0.25, -0.2) is 0 Å². The van der Waals surface area contributed by atoms with E-state index in [0.717, 1.165) is 5.57 Å². The lowest BCUT2D eigenvalue weighted by Gasteiger charge is -2.53. The highest BCUT2D eigenvalue weighted by Gasteiger charge is 2.74. The number of benzene rings is 2. The summed E-state index contributed by atoms with van der Waals surface area (Å²) in [7, 11) is 3.07. The van der Waals surface area contributed by atoms with E-state index < -0.39 is 55.5 Å². The van der Waals surface area contributed by atoms with Gasteiger partial charge in [0.1, 0.15) is 6.79 Å². The zero-order valence-electron chi connectivity index (χ0n) is 32.9. The zero-order valence-corrected chi connectivity index (χ0v) is 33.9. The molecular weight excluding hydrogens is 709 g/mol. The minimum atomic E-state index is -2.93. The molecule has 1 spiro atoms. The molecule has 6 rings (SSSR count). The average Bonchev–Trinajstić information content (AvgIpc) is 3.39. The van der Waals surface area contributed by atoms with Gasteiger partial charge >= 0.3 is 11.9 Å². The standard InChI is InChI=1S/C42H58O11Si/c1-40(2,3)54(30-14-10-8-11-15-30,31-16-12-9-13-17-31)52-23-20-41-27-33(37(43)46-5)35(38(44)47-6)36-32-19-22-51-42(36,53-39(41)48-7)34(41)26-29(32)18-21-49-28-50-25-24-45-4/h8-17,26,29,32-33,35-36,39H,18-25,27-28H2,1-7H3/t29-,32+,33+,35-,36+,39+,41+,42+/m0/s1. The molecule has 296 valence electrons. The third kappa shape index (κ3) is 7.13. The Labute approximate surface area is 321 Å². The van der Waals surface area contributed by atoms with Gasteiger partial charge in [-0.05, 0) is 58.5 Å². The molecule has 0 unspecified atom stereocenters. The fraction of sp³-hybridized carbons (Fsp3) is 0.619. The largest absolute Gasteiger partial charge is 0.469 e. The highest BCUT2D eigenvalue weighted by molar-refractivity contribution is 6.99. The quantitative estimate of drug-likeness (QED) is 0.0723. The van der Waals surface area contributed by atoms with Crippen LogP contribution in [0.2, 0.25) is 5.04 Å². The van der Waals surface area contributed by atoms with Gasteiger partial charge in [0, 0.05) is 26.7 Å². The Hall–Kier alpha value is -2.94. The Bertz CT molecular complexity index is 1560. The van der Waals surface area contributed by atoms with Gasteiger partial charge in [-0.3, -0.25) is 9.59 Å². The number of hydrogen-bond acceptors (Lipinski definition) is 11. The predicted molar refractivity (Wildman–Crippen MR) is 203 cm³/mol. The van der Waals surface area contributed by atoms with Crippen molar-refractivity contribution in [3.8, 4) is 0 Å². The Morgan fingerprint density at radius 3 is 2.09 bits per heavy atom. The third-order valence-electron chi connectivity index (χ3n) is 12.3. The van der Waals surface area contributed by atoms with Crippen LogP contribution in [-0.2, 0) is 51.9 Å². The van der Waals surface area contributed by atoms with Crippen molar-refractivity contribution in [2.75, 3.05) is 68.3 Å². The normalized spacial score (nSPS) is 30.3. The molecular formula is C42H58O11Si. The number of carbonyl (C=O) groups is 2. The lowest BCUT2D eigenvalue weighted by Crippen LogP contribution is -2.66. The monoisotopic (exact) mass is 766 g/mol. The molecule has 2 aromatic rings. The van der Waals surface area contributed by atoms with Gasteiger partial charge in [0.25, 0.3) is 8.32 Å². The molecule has 0 radical (unpaired) electrons. The lowest BCUT2D eigenvalue weighted by molar-refractivity contribution is -0.326. The molecule has 2 aliphatic heterocycles. The first kappa shape index (κ1) is 40.7. The lowest BCUT2D eigenvalue weighted by atomic mass is 9.60. The zero-order chi connectivity index (χ0) is 38.6. The summed E-state index contributed by atoms with van der Waals surface area (Å²) >= 11 is 0. The van der Waals surface area contributed by atoms with Crippen molar-refractivity contribution in [2.45, 2.75) is 63.6 Å². The van der Waals surface area contributed by atoms with Crippen molar-refractivity contribution in [1.29, 1.82) is 0 Å². The number of methoxy groups -OCH3 is 4. The molecule has 3 fully saturated rings. The highest BCUT2D eigenvalue weighted by atomic mass is 28.4. The summed E-state index contributed by atoms with van der Waals surface area (Å²) in [5, 5.41) is 2.09. The second-order valence-corrected chi connectivity index (χ2v) is 20.2. The van der Waals surface area contributed by atoms with Crippen LogP contribution >= 0.6 is 0 Å². The van der Waals surface area contributed by atoms with Crippen molar-refractivity contribution >= 4 is 30.6 Å². The molecule has 54 heavy (non-hydrogen) atoms. The van der Waals surface area contributed by atoms with Gasteiger partial charge in [0.15, 0.2) is 12.1 Å². The van der Waals surface area contributed by atoms with E-state index >= 15 is 0 Å². The van der Waals surface area contributed by atoms with Crippen LogP contribution in [0.3, 0.4) is 0 Å². The summed E-state index contributed by atoms with van der Waals surface area (Å²) in [5.74, 6) is -4.51. The molecule has 12 heteroatoms. The summed E-state index contributed by atoms with van der Waals surface area (Å²) in [4.78, 5) is 28.0. The molecule has 5 bridgehead atoms. The molecule has 8 atom stereocenters. The molecule has 0 N–H and O–H groups in total. The summed E-state index contributed by atoms with van der Waals surface area (Å²) in [6, 6.07) is 21.0. The van der Waals surface area contributed by atoms with E-state index in [-0.39, 0.29) is 30.1 Å². The first-order chi connectivity index (χ1) is 26.0. The van der Waals surface area contributed by atoms with Crippen LogP contribution < -0.4 is 10.4 Å². The van der Waals surface area contributed by atoms with E-state index in [1.807, 2.05) is 12.1 Å². The van der Waals surface area contributed by atoms with E-state index in [2.05, 4.69) is 75.4 Å². The number of hydrogen-bond donors (Lipinski definition) is 0. The fourth-order valence-corrected chi connectivity index (χ4v) is 14.7. The Kier molecular flexibility index (Phi) is 12.9. The Morgan fingerprint density at radius 2 is 1.50 bits per heavy atom. The first-order valence-corrected chi connectivity index (χ1v) is 21.1. The molecule has 2 heterocycles. The van der Waals surface area contributed by atoms with Gasteiger partial charge in [0.2, 0.25) is 0 Å². The van der Waals surface area contributed by atoms with Crippen molar-refractivity contribution in [3.63, 3.8) is 0 Å². The van der Waals surface area contributed by atoms with Crippen LogP contribution in [-0.4, -0.2) is 101 Å². The van der Waals surface area contributed by atoms with Crippen LogP contribution in [0.5, 0.6) is 0 Å². The van der Waals surface area contributed by atoms with Crippen molar-refractivity contribution in [1.82, 2.24) is 0 Å². The van der Waals surface area contributed by atoms with Crippen molar-refractivity contribution < 1.29 is 51.9 Å². The van der Waals surface area contributed by atoms with Crippen LogP contribution in [0.4, 0.5) is 0 Å². The van der Waals surface area contributed by atoms with Gasteiger partial charge in [-0.1, -0.05) is 87.5 Å². The summed E-state index contributed by atoms with van der Waals surface area (Å²) in [6.45, 7) is 9.05. The second kappa shape index (κ2) is 17.0. The molecule has 1 saturated carbocycles. The van der Waals surface area contributed by atoms with Crippen LogP contribution in [0.15, 0.2) is 72.3 Å². The van der Waals surface area contributed by atoms with E-state index in [1.165, 1.54) is 24.6 Å². The van der Waals surface area contributed by atoms with E-state index in [4.69, 9.17) is 42.3 Å². The minimum Gasteiger partial charge on any atom is -0.469 e. The molecule has 2 aromatic carbocycles. The van der Waals surface area contributed by atoms with Crippen molar-refractivity contribution in [3.05, 3.63) is 72.3 Å². The SMILES string of the molecule is COCCOCOCC[C@H]1C=C2[C@@]3(CCO[Si](c4ccccc4)(c4ccccc4)C(C)(C)C)C[C@@H](C(=O)OC)[C@H](C(=O)OC)[C@H]4[C@@H]1CCO[C@@]24O[C@H]3OC. The number of esters is 2. The fourth-order valence-electron chi connectivity index (χ4n) is 10.1. The number of ether oxygens (including phenoxy) is 8. The third-order valence-corrected chi connectivity index (χ3v) is 17.4. The molecule has 2 aliphatic carbocycles. The summed E-state index contributed by atoms with van der Waals surface area (Å²) in [6.07, 6.45) is 3.55. The Balaban J connectivity index is 1.44. The molecule has 0 aromatic heterocycles. The van der Waals surface area contributed by atoms with Gasteiger partial charge in [0.05, 0.1) is 57.9 Å². The van der Waals surface area contributed by atoms with Gasteiger partial charge in [-0.2, -0.15) is 0 Å². The topological polar surface area (TPSA) is 117 Å². The molecule has 4 aliphatic rings. The maximum absolute atomic E-state index is 14.0. The van der Waals surface area contributed by atoms with Crippen molar-refractivity contribution in [2.24, 2.45) is 35.0 Å². The molecule has 2 saturated heterocycles. The summed E-state index contributed by atoms with van der Waals surface area (Å²) < 4.78 is 55.0. The number of allylic oxidation sites excluding steroid dienone is 1. The molecule has 11 nitrogen and oxygen atoms in total. The van der Waals surface area contributed by atoms with E-state index in [1.54, 1.807) is 14.2 Å². The van der Waals surface area contributed by atoms with Crippen LogP contribution in [0.1, 0.15) is 46.5 Å². The first-order valence-electron chi connectivity index (χ1n) is 19.2. The minimum absolute atomic E-state index is 0.000677. The second-order valence-electron chi connectivity index (χ2n) is 15.9. The smallest absolute Gasteiger partial charge is 0.310 e. The van der Waals surface area contributed by atoms with Crippen LogP contribution in [0.25, 0.3) is 0 Å². The average molecular weight is 767 g/mol. The Morgan fingerprint density at radius 1 is 0.852 bits per heavy atom. The number of carbonyl (C=O) groups excluding carboxylic acids is 2. The van der Waals surface area contributed by atoms with E-state index in [0.29, 0.717) is 52.3 Å². The van der Waals surface area contributed by atoms with E-state index in [9.17, 15) is 9.59 Å². The summed E-state index contributed by atoms with van der Waals surface area (Å²) in [5.41, 5.74) is 0.0144. The number of rotatable bonds is 17. The van der Waals surface area contributed by atoms with Gasteiger partial charge in [-0.15, -0.1) is 0 Å². The maximum Gasteiger partial charge on any atom is 0.310 e. The highest BCUT2D eigenvalue weighted by Crippen LogP contribution is 2.68. The molecule has 0 amide bonds. The predicted octanol–water partition coefficient (Wildman–Crippen LogP) is 4.86. The maximum atomic E-state index is 14.0. The van der Waals surface area contributed by atoms with Crippen LogP contribution in [0, 0.1) is 35.0 Å². The van der Waals surface area contributed by atoms with Gasteiger partial charge < -0.3 is 42.3 Å².